The van der Waals surface area contributed by atoms with E-state index < -0.39 is 17.0 Å². The Morgan fingerprint density at radius 1 is 1.24 bits per heavy atom. The van der Waals surface area contributed by atoms with Crippen LogP contribution in [0.15, 0.2) is 53.5 Å². The summed E-state index contributed by atoms with van der Waals surface area (Å²) in [6.07, 6.45) is 1.67. The van der Waals surface area contributed by atoms with Crippen LogP contribution in [0.5, 0.6) is 5.75 Å². The number of nitrogens with one attached hydrogen (secondary N) is 1. The predicted octanol–water partition coefficient (Wildman–Crippen LogP) is 4.20. The second-order valence-electron chi connectivity index (χ2n) is 7.87. The quantitative estimate of drug-likeness (QED) is 0.260. The monoisotopic (exact) mass is 502 g/mol. The molecule has 0 fully saturated rings. The molecule has 1 N–H and O–H groups in total. The number of halogens is 1. The number of hydrogen-bond donors (Lipinski definition) is 2. The molecular formula is C25H27FN2O4S2. The molecule has 3 aromatic rings. The maximum Gasteiger partial charge on any atom is 0.250 e. The Morgan fingerprint density at radius 2 is 1.97 bits per heavy atom. The van der Waals surface area contributed by atoms with Crippen LogP contribution >= 0.6 is 12.8 Å². The van der Waals surface area contributed by atoms with Crippen LogP contribution in [0.1, 0.15) is 46.9 Å². The van der Waals surface area contributed by atoms with Crippen LogP contribution in [0.25, 0.3) is 11.1 Å². The summed E-state index contributed by atoms with van der Waals surface area (Å²) < 4.78 is 35.8. The molecule has 0 saturated heterocycles. The second-order valence-corrected chi connectivity index (χ2v) is 9.88. The summed E-state index contributed by atoms with van der Waals surface area (Å²) >= 11 is 3.10. The maximum absolute atomic E-state index is 14.3. The van der Waals surface area contributed by atoms with Crippen LogP contribution < -0.4 is 15.0 Å². The van der Waals surface area contributed by atoms with Crippen LogP contribution in [0.2, 0.25) is 0 Å². The number of rotatable bonds is 9. The lowest BCUT2D eigenvalue weighted by Crippen LogP contribution is -2.20. The van der Waals surface area contributed by atoms with Gasteiger partial charge in [0.05, 0.1) is 7.11 Å². The fourth-order valence-electron chi connectivity index (χ4n) is 3.65. The van der Waals surface area contributed by atoms with Gasteiger partial charge in [-0.3, -0.25) is 14.3 Å². The molecule has 9 heteroatoms. The van der Waals surface area contributed by atoms with Gasteiger partial charge in [-0.25, -0.2) is 4.39 Å². The number of carbonyl (C=O) groups is 1. The van der Waals surface area contributed by atoms with E-state index in [0.717, 1.165) is 11.6 Å². The van der Waals surface area contributed by atoms with Crippen molar-refractivity contribution in [1.82, 2.24) is 9.29 Å². The van der Waals surface area contributed by atoms with Crippen molar-refractivity contribution in [1.29, 1.82) is 0 Å². The van der Waals surface area contributed by atoms with Crippen molar-refractivity contribution < 1.29 is 18.5 Å². The maximum atomic E-state index is 14.3. The Balaban J connectivity index is 2.25. The Kier molecular flexibility index (Phi) is 8.59. The zero-order valence-electron chi connectivity index (χ0n) is 19.4. The summed E-state index contributed by atoms with van der Waals surface area (Å²) in [7, 11) is 2.99. The topological polar surface area (TPSA) is 83.4 Å². The van der Waals surface area contributed by atoms with Gasteiger partial charge in [0.15, 0.2) is 17.3 Å². The number of pyridine rings is 1. The van der Waals surface area contributed by atoms with Crippen molar-refractivity contribution in [2.75, 3.05) is 12.9 Å². The van der Waals surface area contributed by atoms with E-state index in [2.05, 4.69) is 17.5 Å². The van der Waals surface area contributed by atoms with E-state index in [1.165, 1.54) is 29.9 Å². The Labute approximate surface area is 206 Å². The molecule has 2 aromatic carbocycles. The first kappa shape index (κ1) is 26.0. The highest BCUT2D eigenvalue weighted by Crippen LogP contribution is 2.33. The van der Waals surface area contributed by atoms with Gasteiger partial charge >= 0.3 is 0 Å². The Bertz CT molecular complexity index is 1260. The van der Waals surface area contributed by atoms with E-state index in [9.17, 15) is 18.5 Å². The summed E-state index contributed by atoms with van der Waals surface area (Å²) in [5.74, 6) is -0.140. The van der Waals surface area contributed by atoms with Crippen LogP contribution in [0.3, 0.4) is 0 Å². The number of ketones is 1. The fourth-order valence-corrected chi connectivity index (χ4v) is 4.54. The van der Waals surface area contributed by atoms with E-state index in [0.29, 0.717) is 33.8 Å². The third kappa shape index (κ3) is 5.55. The van der Waals surface area contributed by atoms with Crippen LogP contribution in [-0.2, 0) is 24.0 Å². The molecule has 0 bridgehead atoms. The van der Waals surface area contributed by atoms with Crippen molar-refractivity contribution >= 4 is 29.8 Å². The van der Waals surface area contributed by atoms with Crippen molar-refractivity contribution in [3.05, 3.63) is 87.1 Å². The number of aryl methyl sites for hydroxylation is 1. The molecule has 2 atom stereocenters. The summed E-state index contributed by atoms with van der Waals surface area (Å²) in [4.78, 5) is 25.9. The average Bonchev–Trinajstić information content (AvgIpc) is 2.84. The molecule has 1 unspecified atom stereocenters. The number of ether oxygens (including phenoxy) is 1. The van der Waals surface area contributed by atoms with Gasteiger partial charge in [0.1, 0.15) is 11.5 Å². The van der Waals surface area contributed by atoms with Crippen molar-refractivity contribution in [2.24, 2.45) is 7.05 Å². The molecule has 6 nitrogen and oxygen atoms in total. The minimum Gasteiger partial charge on any atom is -0.616 e. The third-order valence-corrected chi connectivity index (χ3v) is 7.29. The van der Waals surface area contributed by atoms with E-state index in [1.54, 1.807) is 25.4 Å². The zero-order valence-corrected chi connectivity index (χ0v) is 21.1. The predicted molar refractivity (Wildman–Crippen MR) is 136 cm³/mol. The normalized spacial score (nSPS) is 12.9. The molecule has 0 aliphatic carbocycles. The van der Waals surface area contributed by atoms with Crippen LogP contribution in [-0.4, -0.2) is 27.8 Å². The van der Waals surface area contributed by atoms with Gasteiger partial charge in [0, 0.05) is 47.6 Å². The Morgan fingerprint density at radius 3 is 2.59 bits per heavy atom. The van der Waals surface area contributed by atoms with Gasteiger partial charge in [-0.05, 0) is 66.5 Å². The van der Waals surface area contributed by atoms with E-state index in [4.69, 9.17) is 4.74 Å². The summed E-state index contributed by atoms with van der Waals surface area (Å²) in [5.41, 5.74) is 2.95. The lowest BCUT2D eigenvalue weighted by Gasteiger charge is -2.19. The Hall–Kier alpha value is -2.59. The molecule has 0 saturated carbocycles. The van der Waals surface area contributed by atoms with Gasteiger partial charge < -0.3 is 13.9 Å². The molecule has 1 heterocycles. The van der Waals surface area contributed by atoms with Crippen molar-refractivity contribution in [3.8, 4) is 16.9 Å². The average molecular weight is 503 g/mol. The number of thiol groups is 1. The van der Waals surface area contributed by atoms with Crippen LogP contribution in [0.4, 0.5) is 4.39 Å². The number of aromatic nitrogens is 1. The number of benzene rings is 2. The number of hydrogen-bond acceptors (Lipinski definition) is 6. The highest BCUT2D eigenvalue weighted by molar-refractivity contribution is 7.90. The lowest BCUT2D eigenvalue weighted by molar-refractivity contribution is 0.103. The molecule has 1 aromatic heterocycles. The molecule has 0 amide bonds. The molecule has 0 radical (unpaired) electrons. The molecule has 34 heavy (non-hydrogen) atoms. The largest absolute Gasteiger partial charge is 0.616 e. The SMILES string of the molecule is CC[S+]([O-])Cc1ccc(C(=O)c2ccc(OC)c(F)c2)c(-c2cn(C)c(=O)cc2[C@H](C)NS)c1. The minimum absolute atomic E-state index is 0.0446. The van der Waals surface area contributed by atoms with Crippen molar-refractivity contribution in [2.45, 2.75) is 25.6 Å². The first-order chi connectivity index (χ1) is 16.2. The van der Waals surface area contributed by atoms with Crippen LogP contribution in [0, 0.1) is 5.82 Å². The molecule has 0 spiro atoms. The standard InChI is InChI=1S/C25H27FN2O4S2/c1-5-34(31)14-16-6-8-18(25(30)17-7-9-23(32-4)22(26)11-17)20(10-16)21-13-28(3)24(29)12-19(21)15(2)27-33/h6-13,15,27,33H,5,14H2,1-4H3/t15-,34?/m0/s1. The lowest BCUT2D eigenvalue weighted by atomic mass is 9.89. The van der Waals surface area contributed by atoms with E-state index in [-0.39, 0.29) is 28.7 Å². The van der Waals surface area contributed by atoms with Gasteiger partial charge in [0.2, 0.25) is 0 Å². The highest BCUT2D eigenvalue weighted by atomic mass is 32.2. The molecule has 0 aliphatic heterocycles. The summed E-state index contributed by atoms with van der Waals surface area (Å²) in [6.45, 7) is 3.69. The zero-order chi connectivity index (χ0) is 25.0. The first-order valence-electron chi connectivity index (χ1n) is 10.7. The fraction of sp³-hybridized carbons (Fsp3) is 0.280. The second kappa shape index (κ2) is 11.2. The summed E-state index contributed by atoms with van der Waals surface area (Å²) in [5, 5.41) is 0. The number of nitrogens with zero attached hydrogens (tertiary/aromatic N) is 1. The van der Waals surface area contributed by atoms with E-state index >= 15 is 0 Å². The first-order valence-corrected chi connectivity index (χ1v) is 12.6. The van der Waals surface area contributed by atoms with Gasteiger partial charge in [-0.1, -0.05) is 18.9 Å². The van der Waals surface area contributed by atoms with E-state index in [1.807, 2.05) is 19.9 Å². The third-order valence-electron chi connectivity index (χ3n) is 5.60. The van der Waals surface area contributed by atoms with Gasteiger partial charge in [0.25, 0.3) is 5.56 Å². The van der Waals surface area contributed by atoms with Gasteiger partial charge in [-0.2, -0.15) is 0 Å². The smallest absolute Gasteiger partial charge is 0.250 e. The minimum atomic E-state index is -1.05. The summed E-state index contributed by atoms with van der Waals surface area (Å²) in [6, 6.07) is 10.5. The molecular weight excluding hydrogens is 475 g/mol. The van der Waals surface area contributed by atoms with Crippen molar-refractivity contribution in [3.63, 3.8) is 0 Å². The molecule has 0 aliphatic rings. The van der Waals surface area contributed by atoms with Gasteiger partial charge in [-0.15, -0.1) is 0 Å². The molecule has 3 rings (SSSR count). The number of methoxy groups -OCH3 is 1. The number of carbonyl (C=O) groups excluding carboxylic acids is 1. The molecule has 180 valence electrons. The highest BCUT2D eigenvalue weighted by Gasteiger charge is 2.22.